The van der Waals surface area contributed by atoms with E-state index in [4.69, 9.17) is 9.47 Å². The minimum Gasteiger partial charge on any atom is -0.632 e. The minimum absolute atomic E-state index is 0.0104. The number of para-hydroxylation sites is 1. The van der Waals surface area contributed by atoms with E-state index in [1.807, 2.05) is 19.1 Å². The Balaban J connectivity index is 1.59. The highest BCUT2D eigenvalue weighted by molar-refractivity contribution is 5.89. The van der Waals surface area contributed by atoms with Gasteiger partial charge in [-0.05, 0) is 18.6 Å². The van der Waals surface area contributed by atoms with Gasteiger partial charge in [-0.25, -0.2) is 4.79 Å². The Bertz CT molecular complexity index is 949. The molecule has 6 nitrogen and oxygen atoms in total. The molecular weight excluding hydrogens is 344 g/mol. The van der Waals surface area contributed by atoms with E-state index in [0.717, 1.165) is 17.6 Å². The van der Waals surface area contributed by atoms with Crippen LogP contribution >= 0.6 is 0 Å². The number of nitrogens with one attached hydrogen (secondary N) is 1. The largest absolute Gasteiger partial charge is 0.632 e. The summed E-state index contributed by atoms with van der Waals surface area (Å²) in [6.45, 7) is 3.04. The molecule has 2 aromatic rings. The summed E-state index contributed by atoms with van der Waals surface area (Å²) < 4.78 is 10.4. The van der Waals surface area contributed by atoms with Gasteiger partial charge in [-0.3, -0.25) is 0 Å². The van der Waals surface area contributed by atoms with Crippen molar-refractivity contribution in [3.05, 3.63) is 52.6 Å². The van der Waals surface area contributed by atoms with Crippen molar-refractivity contribution in [1.29, 1.82) is 0 Å². The smallest absolute Gasteiger partial charge is 0.337 e. The fraction of sp³-hybridized carbons (Fsp3) is 0.476. The molecule has 142 valence electrons. The second kappa shape index (κ2) is 5.84. The van der Waals surface area contributed by atoms with Gasteiger partial charge in [0.05, 0.1) is 43.6 Å². The molecule has 0 spiro atoms. The van der Waals surface area contributed by atoms with Crippen LogP contribution in [0.5, 0.6) is 0 Å². The number of aromatic amines is 1. The van der Waals surface area contributed by atoms with E-state index < -0.39 is 0 Å². The molecule has 1 aromatic heterocycles. The van der Waals surface area contributed by atoms with Crippen LogP contribution in [-0.4, -0.2) is 41.9 Å². The van der Waals surface area contributed by atoms with Crippen LogP contribution in [0.3, 0.4) is 0 Å². The number of methoxy groups -OCH3 is 1. The Kier molecular flexibility index (Phi) is 3.64. The summed E-state index contributed by atoms with van der Waals surface area (Å²) in [4.78, 5) is 15.8. The Morgan fingerprint density at radius 2 is 2.19 bits per heavy atom. The van der Waals surface area contributed by atoms with Gasteiger partial charge in [-0.1, -0.05) is 18.2 Å². The van der Waals surface area contributed by atoms with Gasteiger partial charge in [0.25, 0.3) is 0 Å². The van der Waals surface area contributed by atoms with E-state index in [0.29, 0.717) is 25.1 Å². The molecule has 5 atom stereocenters. The number of hydrogen-bond donors (Lipinski definition) is 1. The summed E-state index contributed by atoms with van der Waals surface area (Å²) in [5, 5.41) is 15.0. The first-order chi connectivity index (χ1) is 13.0. The summed E-state index contributed by atoms with van der Waals surface area (Å²) in [6, 6.07) is 8.06. The number of ether oxygens (including phenoxy) is 2. The highest BCUT2D eigenvalue weighted by Gasteiger charge is 2.52. The third-order valence-electron chi connectivity index (χ3n) is 6.84. The highest BCUT2D eigenvalue weighted by atomic mass is 16.6. The van der Waals surface area contributed by atoms with Crippen LogP contribution in [0.25, 0.3) is 10.9 Å². The zero-order valence-corrected chi connectivity index (χ0v) is 15.6. The number of quaternary nitrogens is 1. The number of H-pyrrole nitrogens is 1. The molecule has 0 aliphatic carbocycles. The van der Waals surface area contributed by atoms with Crippen molar-refractivity contribution >= 4 is 16.9 Å². The Morgan fingerprint density at radius 1 is 1.37 bits per heavy atom. The maximum atomic E-state index is 13.8. The molecule has 1 unspecified atom stereocenters. The second-order valence-corrected chi connectivity index (χ2v) is 8.10. The Morgan fingerprint density at radius 3 is 3.00 bits per heavy atom. The van der Waals surface area contributed by atoms with Crippen molar-refractivity contribution in [3.63, 3.8) is 0 Å². The van der Waals surface area contributed by atoms with Gasteiger partial charge in [-0.2, -0.15) is 0 Å². The van der Waals surface area contributed by atoms with Crippen LogP contribution in [0.2, 0.25) is 0 Å². The molecule has 4 heterocycles. The van der Waals surface area contributed by atoms with Crippen molar-refractivity contribution in [2.45, 2.75) is 31.9 Å². The lowest BCUT2D eigenvalue weighted by Gasteiger charge is -2.58. The topological polar surface area (TPSA) is 74.4 Å². The maximum Gasteiger partial charge on any atom is 0.337 e. The van der Waals surface area contributed by atoms with E-state index in [-0.39, 0.29) is 34.6 Å². The predicted molar refractivity (Wildman–Crippen MR) is 100 cm³/mol. The lowest BCUT2D eigenvalue weighted by Crippen LogP contribution is -2.60. The second-order valence-electron chi connectivity index (χ2n) is 8.10. The quantitative estimate of drug-likeness (QED) is 0.477. The number of carbonyl (C=O) groups excluding carboxylic acids is 1. The lowest BCUT2D eigenvalue weighted by molar-refractivity contribution is -0.924. The highest BCUT2D eigenvalue weighted by Crippen LogP contribution is 2.51. The van der Waals surface area contributed by atoms with Gasteiger partial charge >= 0.3 is 5.97 Å². The summed E-state index contributed by atoms with van der Waals surface area (Å²) in [5.74, 6) is -0.331. The third-order valence-corrected chi connectivity index (χ3v) is 6.84. The van der Waals surface area contributed by atoms with Crippen molar-refractivity contribution in [1.82, 2.24) is 4.98 Å². The molecule has 1 N–H and O–H groups in total. The van der Waals surface area contributed by atoms with Crippen LogP contribution in [0, 0.1) is 17.0 Å². The Hall–Kier alpha value is -2.31. The molecular formula is C21H24N2O4. The first-order valence-electron chi connectivity index (χ1n) is 9.63. The fourth-order valence-electron chi connectivity index (χ4n) is 5.41. The SMILES string of the molecule is COC(=O)C1=CO[C@@H](C)[C@@H]2C[N+]3([O-])CCc4c([nH]c5ccccc45)[C@@H]3C[C@H]12. The van der Waals surface area contributed by atoms with Crippen LogP contribution in [0.1, 0.15) is 30.6 Å². The Labute approximate surface area is 157 Å². The van der Waals surface area contributed by atoms with Gasteiger partial charge in [-0.15, -0.1) is 0 Å². The van der Waals surface area contributed by atoms with Crippen LogP contribution in [-0.2, 0) is 20.7 Å². The van der Waals surface area contributed by atoms with Crippen molar-refractivity contribution < 1.29 is 18.9 Å². The monoisotopic (exact) mass is 368 g/mol. The van der Waals surface area contributed by atoms with Crippen molar-refractivity contribution in [3.8, 4) is 0 Å². The van der Waals surface area contributed by atoms with Gasteiger partial charge in [0.15, 0.2) is 0 Å². The molecule has 3 aliphatic heterocycles. The molecule has 5 rings (SSSR count). The van der Waals surface area contributed by atoms with E-state index in [1.165, 1.54) is 18.1 Å². The fourth-order valence-corrected chi connectivity index (χ4v) is 5.41. The minimum atomic E-state index is -0.351. The number of esters is 1. The summed E-state index contributed by atoms with van der Waals surface area (Å²) in [7, 11) is 1.39. The first-order valence-corrected chi connectivity index (χ1v) is 9.63. The van der Waals surface area contributed by atoms with Gasteiger partial charge < -0.3 is 24.3 Å². The number of benzene rings is 1. The van der Waals surface area contributed by atoms with Gasteiger partial charge in [0.2, 0.25) is 0 Å². The van der Waals surface area contributed by atoms with E-state index in [1.54, 1.807) is 6.26 Å². The van der Waals surface area contributed by atoms with E-state index >= 15 is 0 Å². The molecule has 0 bridgehead atoms. The molecule has 1 saturated heterocycles. The predicted octanol–water partition coefficient (Wildman–Crippen LogP) is 3.19. The van der Waals surface area contributed by atoms with Crippen molar-refractivity contribution in [2.24, 2.45) is 11.8 Å². The maximum absolute atomic E-state index is 13.8. The number of hydroxylamine groups is 3. The first kappa shape index (κ1) is 16.8. The molecule has 0 saturated carbocycles. The number of hydrogen-bond acceptors (Lipinski definition) is 4. The number of carbonyl (C=O) groups is 1. The number of aromatic nitrogens is 1. The molecule has 27 heavy (non-hydrogen) atoms. The molecule has 0 amide bonds. The molecule has 6 heteroatoms. The van der Waals surface area contributed by atoms with Crippen LogP contribution in [0.15, 0.2) is 36.1 Å². The number of nitrogens with zero attached hydrogens (tertiary/aromatic N) is 1. The summed E-state index contributed by atoms with van der Waals surface area (Å²) in [6.07, 6.45) is 2.91. The molecule has 1 aromatic carbocycles. The molecule has 3 aliphatic rings. The normalized spacial score (nSPS) is 34.7. The number of rotatable bonds is 1. The number of fused-ring (bicyclic) bond motifs is 6. The average Bonchev–Trinajstić information content (AvgIpc) is 3.05. The lowest BCUT2D eigenvalue weighted by atomic mass is 9.72. The van der Waals surface area contributed by atoms with Gasteiger partial charge in [0.1, 0.15) is 12.1 Å². The zero-order valence-electron chi connectivity index (χ0n) is 15.6. The third kappa shape index (κ3) is 2.36. The van der Waals surface area contributed by atoms with Crippen LogP contribution < -0.4 is 0 Å². The molecule has 0 radical (unpaired) electrons. The molecule has 1 fully saturated rings. The van der Waals surface area contributed by atoms with Crippen molar-refractivity contribution in [2.75, 3.05) is 20.2 Å². The van der Waals surface area contributed by atoms with Gasteiger partial charge in [0, 0.05) is 29.7 Å². The number of piperidine rings is 1. The standard InChI is InChI=1S/C21H24N2O4/c1-12-16-10-23(25)8-7-14-13-5-3-4-6-18(13)22-20(14)19(23)9-15(16)17(11-27-12)21(24)26-2/h3-6,11-12,15-16,19,22H,7-10H2,1-2H3/t12-,15-,16-,19-,23?/m0/s1. The average molecular weight is 368 g/mol. The summed E-state index contributed by atoms with van der Waals surface area (Å²) in [5.41, 5.74) is 3.97. The zero-order chi connectivity index (χ0) is 18.8. The van der Waals surface area contributed by atoms with E-state index in [9.17, 15) is 10.0 Å². The van der Waals surface area contributed by atoms with Crippen LogP contribution in [0.4, 0.5) is 0 Å². The van der Waals surface area contributed by atoms with E-state index in [2.05, 4.69) is 17.1 Å². The summed E-state index contributed by atoms with van der Waals surface area (Å²) >= 11 is 0.